The molecule has 5 heteroatoms. The molecule has 0 unspecified atom stereocenters. The molecule has 0 spiro atoms. The Kier molecular flexibility index (Phi) is 2.72. The maximum Gasteiger partial charge on any atom is 0.197 e. The summed E-state index contributed by atoms with van der Waals surface area (Å²) in [5.41, 5.74) is 1.49. The summed E-state index contributed by atoms with van der Waals surface area (Å²) in [5.74, 6) is 1.40. The third kappa shape index (κ3) is 1.95. The fourth-order valence-electron chi connectivity index (χ4n) is 2.57. The highest BCUT2D eigenvalue weighted by atomic mass is 16.5. The zero-order valence-electron chi connectivity index (χ0n) is 11.9. The molecule has 2 aromatic carbocycles. The standard InChI is InChI=1S/C17H13N3O2/c1-22-10-6-7-13-11(8-10)12(17(21)20-13)9-16-18-14-4-2-3-5-15(14)19-16/h2-9,20-21H,1H3. The predicted octanol–water partition coefficient (Wildman–Crippen LogP) is 2.13. The molecule has 0 bridgehead atoms. The van der Waals surface area contributed by atoms with E-state index in [-0.39, 0.29) is 5.88 Å². The largest absolute Gasteiger partial charge is 0.497 e. The average molecular weight is 291 g/mol. The van der Waals surface area contributed by atoms with Crippen LogP contribution >= 0.6 is 0 Å². The highest BCUT2D eigenvalue weighted by Crippen LogP contribution is 2.32. The average Bonchev–Trinajstić information content (AvgIpc) is 3.08. The van der Waals surface area contributed by atoms with E-state index in [1.807, 2.05) is 42.5 Å². The van der Waals surface area contributed by atoms with Crippen molar-refractivity contribution in [1.29, 1.82) is 0 Å². The molecule has 0 saturated heterocycles. The zero-order valence-corrected chi connectivity index (χ0v) is 11.9. The molecule has 0 atom stereocenters. The number of H-pyrrole nitrogens is 1. The number of hydrogen-bond acceptors (Lipinski definition) is 4. The molecular weight excluding hydrogens is 278 g/mol. The normalized spacial score (nSPS) is 12.7. The zero-order chi connectivity index (χ0) is 15.1. The van der Waals surface area contributed by atoms with Gasteiger partial charge in [-0.3, -0.25) is 0 Å². The number of nitrogens with one attached hydrogen (secondary N) is 1. The second-order valence-electron chi connectivity index (χ2n) is 5.01. The maximum absolute atomic E-state index is 10.2. The third-order valence-electron chi connectivity index (χ3n) is 3.65. The van der Waals surface area contributed by atoms with E-state index in [1.165, 1.54) is 0 Å². The molecule has 0 aliphatic carbocycles. The van der Waals surface area contributed by atoms with Crippen molar-refractivity contribution in [3.8, 4) is 11.6 Å². The van der Waals surface area contributed by atoms with Crippen LogP contribution in [0.25, 0.3) is 17.0 Å². The number of aromatic amines is 1. The van der Waals surface area contributed by atoms with E-state index in [4.69, 9.17) is 4.74 Å². The highest BCUT2D eigenvalue weighted by molar-refractivity contribution is 5.93. The van der Waals surface area contributed by atoms with Crippen LogP contribution in [0.5, 0.6) is 11.6 Å². The molecule has 0 fully saturated rings. The van der Waals surface area contributed by atoms with Crippen molar-refractivity contribution in [1.82, 2.24) is 4.98 Å². The number of hydrogen-bond donors (Lipinski definition) is 2. The van der Waals surface area contributed by atoms with Crippen LogP contribution in [0, 0.1) is 0 Å². The second-order valence-corrected chi connectivity index (χ2v) is 5.01. The number of rotatable bonds is 2. The van der Waals surface area contributed by atoms with Gasteiger partial charge in [-0.05, 0) is 36.4 Å². The van der Waals surface area contributed by atoms with Gasteiger partial charge in [0.2, 0.25) is 0 Å². The summed E-state index contributed by atoms with van der Waals surface area (Å²) in [5, 5.41) is 12.7. The monoisotopic (exact) mass is 291 g/mol. The van der Waals surface area contributed by atoms with Crippen LogP contribution in [0.1, 0.15) is 5.56 Å². The maximum atomic E-state index is 10.2. The number of aromatic hydroxyl groups is 1. The van der Waals surface area contributed by atoms with Crippen LogP contribution in [0.3, 0.4) is 0 Å². The number of fused-ring (bicyclic) bond motifs is 2. The number of aromatic nitrogens is 1. The van der Waals surface area contributed by atoms with Gasteiger partial charge in [0.15, 0.2) is 11.7 Å². The minimum Gasteiger partial charge on any atom is -0.497 e. The SMILES string of the molecule is COc1ccc2[nH]c(O)c(C=C3N=c4ccccc4=N3)c2c1. The van der Waals surface area contributed by atoms with Crippen LogP contribution in [0.15, 0.2) is 58.3 Å². The summed E-state index contributed by atoms with van der Waals surface area (Å²) < 4.78 is 5.24. The summed E-state index contributed by atoms with van der Waals surface area (Å²) >= 11 is 0. The quantitative estimate of drug-likeness (QED) is 0.759. The van der Waals surface area contributed by atoms with Gasteiger partial charge < -0.3 is 14.8 Å². The number of nitrogens with zero attached hydrogens (tertiary/aromatic N) is 2. The molecule has 1 aromatic heterocycles. The molecular formula is C17H13N3O2. The lowest BCUT2D eigenvalue weighted by Crippen LogP contribution is -2.19. The van der Waals surface area contributed by atoms with Gasteiger partial charge >= 0.3 is 0 Å². The number of para-hydroxylation sites is 2. The second kappa shape index (κ2) is 4.73. The molecule has 1 aliphatic heterocycles. The predicted molar refractivity (Wildman–Crippen MR) is 83.2 cm³/mol. The summed E-state index contributed by atoms with van der Waals surface area (Å²) in [6.07, 6.45) is 1.77. The van der Waals surface area contributed by atoms with Gasteiger partial charge in [0, 0.05) is 16.5 Å². The van der Waals surface area contributed by atoms with Crippen molar-refractivity contribution in [2.75, 3.05) is 7.11 Å². The third-order valence-corrected chi connectivity index (χ3v) is 3.65. The van der Waals surface area contributed by atoms with E-state index in [0.29, 0.717) is 11.4 Å². The smallest absolute Gasteiger partial charge is 0.197 e. The molecule has 2 N–H and O–H groups in total. The van der Waals surface area contributed by atoms with Gasteiger partial charge in [0.25, 0.3) is 0 Å². The molecule has 2 heterocycles. The molecule has 0 radical (unpaired) electrons. The lowest BCUT2D eigenvalue weighted by atomic mass is 10.1. The van der Waals surface area contributed by atoms with E-state index < -0.39 is 0 Å². The van der Waals surface area contributed by atoms with Crippen LogP contribution in [0.4, 0.5) is 0 Å². The van der Waals surface area contributed by atoms with Crippen molar-refractivity contribution < 1.29 is 9.84 Å². The van der Waals surface area contributed by atoms with Crippen LogP contribution in [0.2, 0.25) is 0 Å². The van der Waals surface area contributed by atoms with Crippen molar-refractivity contribution in [3.63, 3.8) is 0 Å². The molecule has 3 aromatic rings. The van der Waals surface area contributed by atoms with Gasteiger partial charge in [0.1, 0.15) is 5.75 Å². The first-order valence-electron chi connectivity index (χ1n) is 6.87. The Morgan fingerprint density at radius 2 is 1.82 bits per heavy atom. The molecule has 5 nitrogen and oxygen atoms in total. The summed E-state index contributed by atoms with van der Waals surface area (Å²) in [4.78, 5) is 11.9. The van der Waals surface area contributed by atoms with E-state index in [1.54, 1.807) is 13.2 Å². The molecule has 22 heavy (non-hydrogen) atoms. The Bertz CT molecular complexity index is 995. The lowest BCUT2D eigenvalue weighted by molar-refractivity contribution is 0.415. The summed E-state index contributed by atoms with van der Waals surface area (Å²) in [6, 6.07) is 13.3. The van der Waals surface area contributed by atoms with Crippen LogP contribution < -0.4 is 15.5 Å². The van der Waals surface area contributed by atoms with Gasteiger partial charge in [-0.15, -0.1) is 0 Å². The Balaban J connectivity index is 1.90. The number of methoxy groups -OCH3 is 1. The van der Waals surface area contributed by atoms with Crippen LogP contribution in [-0.4, -0.2) is 17.2 Å². The molecule has 108 valence electrons. The molecule has 0 amide bonds. The fraction of sp³-hybridized carbons (Fsp3) is 0.0588. The summed E-state index contributed by atoms with van der Waals surface area (Å²) in [7, 11) is 1.62. The Labute approximate surface area is 125 Å². The minimum atomic E-state index is 0.0945. The Morgan fingerprint density at radius 1 is 1.09 bits per heavy atom. The van der Waals surface area contributed by atoms with Crippen molar-refractivity contribution in [2.24, 2.45) is 9.98 Å². The Morgan fingerprint density at radius 3 is 2.50 bits per heavy atom. The van der Waals surface area contributed by atoms with Gasteiger partial charge in [0.05, 0.1) is 17.8 Å². The summed E-state index contributed by atoms with van der Waals surface area (Å²) in [6.45, 7) is 0. The Hall–Kier alpha value is -3.08. The van der Waals surface area contributed by atoms with E-state index >= 15 is 0 Å². The first kappa shape index (κ1) is 12.6. The van der Waals surface area contributed by atoms with Crippen molar-refractivity contribution in [2.45, 2.75) is 0 Å². The van der Waals surface area contributed by atoms with Gasteiger partial charge in [-0.25, -0.2) is 9.98 Å². The van der Waals surface area contributed by atoms with E-state index in [9.17, 15) is 5.11 Å². The van der Waals surface area contributed by atoms with Gasteiger partial charge in [-0.2, -0.15) is 0 Å². The van der Waals surface area contributed by atoms with E-state index in [2.05, 4.69) is 15.0 Å². The van der Waals surface area contributed by atoms with E-state index in [0.717, 1.165) is 27.4 Å². The first-order chi connectivity index (χ1) is 10.7. The van der Waals surface area contributed by atoms with Crippen LogP contribution in [-0.2, 0) is 0 Å². The lowest BCUT2D eigenvalue weighted by Gasteiger charge is -1.99. The molecule has 1 aliphatic rings. The van der Waals surface area contributed by atoms with Crippen molar-refractivity contribution >= 4 is 17.0 Å². The number of benzene rings is 2. The van der Waals surface area contributed by atoms with Gasteiger partial charge in [-0.1, -0.05) is 12.1 Å². The van der Waals surface area contributed by atoms with Crippen molar-refractivity contribution in [3.05, 3.63) is 64.6 Å². The number of ether oxygens (including phenoxy) is 1. The minimum absolute atomic E-state index is 0.0945. The first-order valence-corrected chi connectivity index (χ1v) is 6.87. The fourth-order valence-corrected chi connectivity index (χ4v) is 2.57. The molecule has 0 saturated carbocycles. The molecule has 4 rings (SSSR count). The topological polar surface area (TPSA) is 70.0 Å². The highest BCUT2D eigenvalue weighted by Gasteiger charge is 2.12.